The van der Waals surface area contributed by atoms with Gasteiger partial charge in [-0.1, -0.05) is 12.1 Å². The molecule has 0 saturated carbocycles. The number of nitrogens with zero attached hydrogens (tertiary/aromatic N) is 4. The summed E-state index contributed by atoms with van der Waals surface area (Å²) in [6, 6.07) is 10.2. The van der Waals surface area contributed by atoms with E-state index in [0.29, 0.717) is 5.71 Å². The molecule has 0 aliphatic carbocycles. The van der Waals surface area contributed by atoms with E-state index in [1.54, 1.807) is 6.92 Å². The van der Waals surface area contributed by atoms with Gasteiger partial charge in [0, 0.05) is 47.5 Å². The Balaban J connectivity index is 1.99. The molecule has 1 aliphatic heterocycles. The summed E-state index contributed by atoms with van der Waals surface area (Å²) in [5.74, 6) is -0.684. The third-order valence-corrected chi connectivity index (χ3v) is 4.16. The van der Waals surface area contributed by atoms with Crippen LogP contribution in [0.15, 0.2) is 53.6 Å². The smallest absolute Gasteiger partial charge is 0.276 e. The van der Waals surface area contributed by atoms with Crippen molar-refractivity contribution in [3.63, 3.8) is 0 Å². The van der Waals surface area contributed by atoms with E-state index in [9.17, 15) is 30.1 Å². The van der Waals surface area contributed by atoms with E-state index in [1.165, 1.54) is 48.5 Å². The summed E-state index contributed by atoms with van der Waals surface area (Å²) in [7, 11) is 0. The number of nitro groups is 2. The molecule has 1 heterocycles. The molecule has 0 unspecified atom stereocenters. The van der Waals surface area contributed by atoms with E-state index < -0.39 is 21.5 Å². The fraction of sp³-hybridized carbons (Fsp3) is 0.176. The van der Waals surface area contributed by atoms with E-state index in [4.69, 9.17) is 0 Å². The summed E-state index contributed by atoms with van der Waals surface area (Å²) in [5, 5.41) is 37.8. The third-order valence-electron chi connectivity index (χ3n) is 4.16. The molecule has 1 aliphatic rings. The maximum atomic E-state index is 12.8. The van der Waals surface area contributed by atoms with Crippen LogP contribution < -0.4 is 0 Å². The highest BCUT2D eigenvalue weighted by Gasteiger charge is 2.45. The quantitative estimate of drug-likeness (QED) is 0.648. The van der Waals surface area contributed by atoms with Crippen molar-refractivity contribution in [1.82, 2.24) is 5.01 Å². The lowest BCUT2D eigenvalue weighted by molar-refractivity contribution is -0.385. The molecule has 0 saturated heterocycles. The Morgan fingerprint density at radius 3 is 2.33 bits per heavy atom. The lowest BCUT2D eigenvalue weighted by Crippen LogP contribution is -2.43. The molecule has 10 heteroatoms. The maximum absolute atomic E-state index is 12.8. The topological polar surface area (TPSA) is 139 Å². The number of hydrazone groups is 1. The SMILES string of the molecule is CC1=NN(C(=O)c2ccc([N+](=O)[O-])cc2)[C@](O)(c2cccc([N+](=O)[O-])c2)C1. The zero-order chi connectivity index (χ0) is 19.8. The van der Waals surface area contributed by atoms with Crippen LogP contribution in [0.25, 0.3) is 0 Å². The first kappa shape index (κ1) is 18.1. The summed E-state index contributed by atoms with van der Waals surface area (Å²) < 4.78 is 0. The Hall–Kier alpha value is -3.66. The van der Waals surface area contributed by atoms with Crippen molar-refractivity contribution >= 4 is 23.0 Å². The maximum Gasteiger partial charge on any atom is 0.276 e. The van der Waals surface area contributed by atoms with Gasteiger partial charge in [0.1, 0.15) is 0 Å². The second-order valence-corrected chi connectivity index (χ2v) is 6.06. The summed E-state index contributed by atoms with van der Waals surface area (Å²) in [5.41, 5.74) is -1.61. The van der Waals surface area contributed by atoms with E-state index >= 15 is 0 Å². The molecule has 1 N–H and O–H groups in total. The van der Waals surface area contributed by atoms with E-state index in [2.05, 4.69) is 5.10 Å². The van der Waals surface area contributed by atoms with E-state index in [1.807, 2.05) is 0 Å². The molecule has 2 aromatic rings. The fourth-order valence-electron chi connectivity index (χ4n) is 2.87. The van der Waals surface area contributed by atoms with Gasteiger partial charge in [-0.15, -0.1) is 0 Å². The van der Waals surface area contributed by atoms with E-state index in [-0.39, 0.29) is 28.9 Å². The minimum absolute atomic E-state index is 0.0209. The second-order valence-electron chi connectivity index (χ2n) is 6.06. The highest BCUT2D eigenvalue weighted by molar-refractivity contribution is 5.98. The number of carbonyl (C=O) groups is 1. The average molecular weight is 370 g/mol. The van der Waals surface area contributed by atoms with Gasteiger partial charge in [-0.05, 0) is 19.1 Å². The van der Waals surface area contributed by atoms with Crippen molar-refractivity contribution < 1.29 is 19.7 Å². The average Bonchev–Trinajstić information content (AvgIpc) is 2.97. The zero-order valence-corrected chi connectivity index (χ0v) is 14.1. The molecule has 0 radical (unpaired) electrons. The standard InChI is InChI=1S/C17H14N4O6/c1-11-10-17(23,13-3-2-4-15(9-13)21(26)27)19(18-11)16(22)12-5-7-14(8-6-12)20(24)25/h2-9,23H,10H2,1H3/t17-/m1/s1. The van der Waals surface area contributed by atoms with Crippen LogP contribution in [-0.2, 0) is 5.72 Å². The van der Waals surface area contributed by atoms with Crippen LogP contribution >= 0.6 is 0 Å². The van der Waals surface area contributed by atoms with Crippen molar-refractivity contribution in [2.24, 2.45) is 5.10 Å². The van der Waals surface area contributed by atoms with Gasteiger partial charge in [-0.25, -0.2) is 0 Å². The van der Waals surface area contributed by atoms with Crippen molar-refractivity contribution in [2.75, 3.05) is 0 Å². The van der Waals surface area contributed by atoms with Crippen molar-refractivity contribution in [3.05, 3.63) is 79.9 Å². The molecule has 27 heavy (non-hydrogen) atoms. The molecule has 1 atom stereocenters. The van der Waals surface area contributed by atoms with Crippen LogP contribution in [0, 0.1) is 20.2 Å². The Kier molecular flexibility index (Phi) is 4.42. The van der Waals surface area contributed by atoms with Crippen LogP contribution in [0.2, 0.25) is 0 Å². The summed E-state index contributed by atoms with van der Waals surface area (Å²) in [4.78, 5) is 33.4. The zero-order valence-electron chi connectivity index (χ0n) is 14.1. The lowest BCUT2D eigenvalue weighted by atomic mass is 9.96. The molecule has 0 fully saturated rings. The van der Waals surface area contributed by atoms with Crippen LogP contribution in [-0.4, -0.2) is 31.6 Å². The first-order valence-corrected chi connectivity index (χ1v) is 7.83. The predicted molar refractivity (Wildman–Crippen MR) is 94.0 cm³/mol. The first-order chi connectivity index (χ1) is 12.7. The highest BCUT2D eigenvalue weighted by Crippen LogP contribution is 2.37. The van der Waals surface area contributed by atoms with Gasteiger partial charge in [-0.2, -0.15) is 10.1 Å². The molecule has 138 valence electrons. The van der Waals surface area contributed by atoms with Crippen molar-refractivity contribution in [2.45, 2.75) is 19.1 Å². The number of carbonyl (C=O) groups excluding carboxylic acids is 1. The molecule has 1 amide bonds. The lowest BCUT2D eigenvalue weighted by Gasteiger charge is -2.31. The number of nitro benzene ring substituents is 2. The number of amides is 1. The molecule has 2 aromatic carbocycles. The molecule has 10 nitrogen and oxygen atoms in total. The molecule has 3 rings (SSSR count). The van der Waals surface area contributed by atoms with Gasteiger partial charge < -0.3 is 5.11 Å². The van der Waals surface area contributed by atoms with Crippen molar-refractivity contribution in [1.29, 1.82) is 0 Å². The molecular formula is C17H14N4O6. The number of non-ortho nitro benzene ring substituents is 2. The summed E-state index contributed by atoms with van der Waals surface area (Å²) >= 11 is 0. The van der Waals surface area contributed by atoms with Gasteiger partial charge in [0.15, 0.2) is 5.72 Å². The van der Waals surface area contributed by atoms with Gasteiger partial charge in [0.05, 0.1) is 9.85 Å². The number of benzene rings is 2. The molecular weight excluding hydrogens is 356 g/mol. The molecule has 0 bridgehead atoms. The molecule has 0 aromatic heterocycles. The summed E-state index contributed by atoms with van der Waals surface area (Å²) in [6.07, 6.45) is -0.0209. The predicted octanol–water partition coefficient (Wildman–Crippen LogP) is 2.57. The number of hydrogen-bond donors (Lipinski definition) is 1. The van der Waals surface area contributed by atoms with Crippen LogP contribution in [0.3, 0.4) is 0 Å². The normalized spacial score (nSPS) is 18.9. The Bertz CT molecular complexity index is 972. The minimum atomic E-state index is -1.89. The van der Waals surface area contributed by atoms with Crippen LogP contribution in [0.5, 0.6) is 0 Å². The van der Waals surface area contributed by atoms with Gasteiger partial charge in [-0.3, -0.25) is 25.0 Å². The largest absolute Gasteiger partial charge is 0.365 e. The van der Waals surface area contributed by atoms with Gasteiger partial charge in [0.25, 0.3) is 17.3 Å². The van der Waals surface area contributed by atoms with Crippen LogP contribution in [0.1, 0.15) is 29.3 Å². The third kappa shape index (κ3) is 3.25. The van der Waals surface area contributed by atoms with Gasteiger partial charge in [0.2, 0.25) is 0 Å². The fourth-order valence-corrected chi connectivity index (χ4v) is 2.87. The van der Waals surface area contributed by atoms with Gasteiger partial charge >= 0.3 is 0 Å². The Labute approximate surface area is 152 Å². The minimum Gasteiger partial charge on any atom is -0.365 e. The summed E-state index contributed by atoms with van der Waals surface area (Å²) in [6.45, 7) is 1.62. The Morgan fingerprint density at radius 1 is 1.11 bits per heavy atom. The molecule has 0 spiro atoms. The first-order valence-electron chi connectivity index (χ1n) is 7.83. The monoisotopic (exact) mass is 370 g/mol. The van der Waals surface area contributed by atoms with Crippen LogP contribution in [0.4, 0.5) is 11.4 Å². The number of hydrogen-bond acceptors (Lipinski definition) is 7. The van der Waals surface area contributed by atoms with Crippen molar-refractivity contribution in [3.8, 4) is 0 Å². The number of rotatable bonds is 4. The Morgan fingerprint density at radius 2 is 1.74 bits per heavy atom. The highest BCUT2D eigenvalue weighted by atomic mass is 16.6. The van der Waals surface area contributed by atoms with E-state index in [0.717, 1.165) is 5.01 Å². The number of aliphatic hydroxyl groups is 1. The second kappa shape index (κ2) is 6.57.